The van der Waals surface area contributed by atoms with Crippen molar-refractivity contribution in [3.63, 3.8) is 0 Å². The van der Waals surface area contributed by atoms with E-state index in [0.717, 1.165) is 24.8 Å². The average molecular weight is 203 g/mol. The summed E-state index contributed by atoms with van der Waals surface area (Å²) in [6.45, 7) is 0. The van der Waals surface area contributed by atoms with Gasteiger partial charge in [0.05, 0.1) is 0 Å². The lowest BCUT2D eigenvalue weighted by molar-refractivity contribution is -0.115. The third-order valence-electron chi connectivity index (χ3n) is 4.12. The molecule has 1 N–H and O–H groups in total. The number of fused-ring (bicyclic) bond motifs is 1. The summed E-state index contributed by atoms with van der Waals surface area (Å²) in [5.41, 5.74) is 5.42. The smallest absolute Gasteiger partial charge is 0.159 e. The van der Waals surface area contributed by atoms with Gasteiger partial charge in [0, 0.05) is 24.7 Å². The lowest BCUT2D eigenvalue weighted by atomic mass is 9.84. The Hall–Kier alpha value is -1.05. The maximum absolute atomic E-state index is 11.8. The van der Waals surface area contributed by atoms with Crippen LogP contribution in [-0.4, -0.2) is 12.8 Å². The summed E-state index contributed by atoms with van der Waals surface area (Å²) >= 11 is 0. The third kappa shape index (κ3) is 1.20. The number of nitrogens with one attached hydrogen (secondary N) is 1. The van der Waals surface area contributed by atoms with Crippen LogP contribution in [0.1, 0.15) is 38.5 Å². The zero-order valence-electron chi connectivity index (χ0n) is 9.23. The Kier molecular flexibility index (Phi) is 1.98. The van der Waals surface area contributed by atoms with Crippen LogP contribution in [0.4, 0.5) is 0 Å². The number of likely N-dealkylation sites (N-methyl/N-ethyl adjacent to an activating group) is 1. The molecule has 1 unspecified atom stereocenters. The van der Waals surface area contributed by atoms with E-state index in [1.165, 1.54) is 30.5 Å². The first kappa shape index (κ1) is 9.20. The summed E-state index contributed by atoms with van der Waals surface area (Å²) in [6, 6.07) is 0. The molecule has 15 heavy (non-hydrogen) atoms. The number of carbonyl (C=O) groups excluding carboxylic acids is 1. The van der Waals surface area contributed by atoms with Gasteiger partial charge in [-0.25, -0.2) is 0 Å². The second kappa shape index (κ2) is 3.22. The first-order chi connectivity index (χ1) is 7.31. The van der Waals surface area contributed by atoms with Crippen molar-refractivity contribution in [2.45, 2.75) is 38.5 Å². The second-order valence-electron chi connectivity index (χ2n) is 4.82. The minimum absolute atomic E-state index is 0.406. The van der Waals surface area contributed by atoms with Crippen molar-refractivity contribution in [3.8, 4) is 0 Å². The molecule has 2 heteroatoms. The Bertz CT molecular complexity index is 389. The number of Topliss-reactive ketones (excluding diaryl/α,β-unsaturated/α-hetero) is 1. The molecule has 0 aliphatic heterocycles. The van der Waals surface area contributed by atoms with E-state index in [1.54, 1.807) is 5.57 Å². The van der Waals surface area contributed by atoms with Crippen molar-refractivity contribution in [2.24, 2.45) is 5.92 Å². The third-order valence-corrected chi connectivity index (χ3v) is 4.12. The van der Waals surface area contributed by atoms with Crippen LogP contribution in [-0.2, 0) is 4.79 Å². The van der Waals surface area contributed by atoms with Crippen LogP contribution in [0.15, 0.2) is 22.4 Å². The molecule has 1 saturated carbocycles. The highest BCUT2D eigenvalue weighted by molar-refractivity contribution is 6.00. The molecule has 0 amide bonds. The van der Waals surface area contributed by atoms with Gasteiger partial charge in [-0.15, -0.1) is 0 Å². The maximum atomic E-state index is 11.8. The fourth-order valence-corrected chi connectivity index (χ4v) is 3.44. The molecule has 1 fully saturated rings. The van der Waals surface area contributed by atoms with Gasteiger partial charge in [0.2, 0.25) is 0 Å². The maximum Gasteiger partial charge on any atom is 0.159 e. The minimum Gasteiger partial charge on any atom is -0.388 e. The van der Waals surface area contributed by atoms with Crippen LogP contribution in [0.2, 0.25) is 0 Å². The van der Waals surface area contributed by atoms with Gasteiger partial charge in [-0.3, -0.25) is 4.79 Å². The lowest BCUT2D eigenvalue weighted by Crippen LogP contribution is -2.19. The van der Waals surface area contributed by atoms with Crippen molar-refractivity contribution in [1.29, 1.82) is 0 Å². The Balaban J connectivity index is 2.09. The summed E-state index contributed by atoms with van der Waals surface area (Å²) in [5.74, 6) is 1.08. The van der Waals surface area contributed by atoms with E-state index >= 15 is 0 Å². The van der Waals surface area contributed by atoms with Gasteiger partial charge in [-0.05, 0) is 49.2 Å². The van der Waals surface area contributed by atoms with Crippen LogP contribution in [0.5, 0.6) is 0 Å². The summed E-state index contributed by atoms with van der Waals surface area (Å²) in [5, 5.41) is 3.34. The van der Waals surface area contributed by atoms with E-state index in [4.69, 9.17) is 0 Å². The van der Waals surface area contributed by atoms with Crippen LogP contribution in [0, 0.1) is 5.92 Å². The number of hydrogen-bond donors (Lipinski definition) is 1. The zero-order valence-corrected chi connectivity index (χ0v) is 9.23. The molecule has 0 bridgehead atoms. The van der Waals surface area contributed by atoms with E-state index in [2.05, 4.69) is 5.32 Å². The van der Waals surface area contributed by atoms with Gasteiger partial charge in [-0.2, -0.15) is 0 Å². The van der Waals surface area contributed by atoms with Crippen LogP contribution >= 0.6 is 0 Å². The van der Waals surface area contributed by atoms with Crippen LogP contribution in [0.25, 0.3) is 0 Å². The molecular weight excluding hydrogens is 186 g/mol. The Morgan fingerprint density at radius 3 is 2.87 bits per heavy atom. The van der Waals surface area contributed by atoms with Gasteiger partial charge < -0.3 is 5.32 Å². The summed E-state index contributed by atoms with van der Waals surface area (Å²) in [4.78, 5) is 11.8. The number of rotatable bonds is 1. The van der Waals surface area contributed by atoms with E-state index in [9.17, 15) is 4.79 Å². The number of allylic oxidation sites excluding steroid dienone is 3. The molecule has 0 spiro atoms. The van der Waals surface area contributed by atoms with Gasteiger partial charge >= 0.3 is 0 Å². The Morgan fingerprint density at radius 1 is 1.20 bits per heavy atom. The fraction of sp³-hybridized carbons (Fsp3) is 0.615. The molecule has 2 nitrogen and oxygen atoms in total. The van der Waals surface area contributed by atoms with Crippen molar-refractivity contribution in [3.05, 3.63) is 22.4 Å². The molecular formula is C13H17NO. The number of hydrogen-bond acceptors (Lipinski definition) is 2. The van der Waals surface area contributed by atoms with Gasteiger partial charge in [0.15, 0.2) is 5.78 Å². The molecule has 0 saturated heterocycles. The summed E-state index contributed by atoms with van der Waals surface area (Å²) < 4.78 is 0. The monoisotopic (exact) mass is 203 g/mol. The van der Waals surface area contributed by atoms with E-state index in [-0.39, 0.29) is 0 Å². The van der Waals surface area contributed by atoms with Gasteiger partial charge in [0.25, 0.3) is 0 Å². The Morgan fingerprint density at radius 2 is 2.07 bits per heavy atom. The normalized spacial score (nSPS) is 29.7. The SMILES string of the molecule is CNC1=C2CCCC2CC2=C1CCC2=O. The van der Waals surface area contributed by atoms with Crippen molar-refractivity contribution in [2.75, 3.05) is 7.05 Å². The molecule has 3 aliphatic rings. The second-order valence-corrected chi connectivity index (χ2v) is 4.82. The average Bonchev–Trinajstić information content (AvgIpc) is 2.83. The molecule has 1 atom stereocenters. The van der Waals surface area contributed by atoms with E-state index in [0.29, 0.717) is 11.7 Å². The van der Waals surface area contributed by atoms with Crippen molar-refractivity contribution < 1.29 is 4.79 Å². The minimum atomic E-state index is 0.406. The molecule has 3 aliphatic carbocycles. The standard InChI is InChI=1S/C13H17NO/c1-14-13-9-4-2-3-8(9)7-11-10(13)5-6-12(11)15/h8,14H,2-7H2,1H3. The van der Waals surface area contributed by atoms with Crippen molar-refractivity contribution in [1.82, 2.24) is 5.32 Å². The molecule has 3 rings (SSSR count). The summed E-state index contributed by atoms with van der Waals surface area (Å²) in [6.07, 6.45) is 6.58. The molecule has 0 aromatic heterocycles. The highest BCUT2D eigenvalue weighted by Gasteiger charge is 2.36. The first-order valence-electron chi connectivity index (χ1n) is 5.97. The first-order valence-corrected chi connectivity index (χ1v) is 5.97. The highest BCUT2D eigenvalue weighted by atomic mass is 16.1. The predicted molar refractivity (Wildman–Crippen MR) is 59.3 cm³/mol. The quantitative estimate of drug-likeness (QED) is 0.708. The molecule has 0 radical (unpaired) electrons. The molecule has 80 valence electrons. The summed E-state index contributed by atoms with van der Waals surface area (Å²) in [7, 11) is 2.00. The molecule has 0 aromatic rings. The Labute approximate surface area is 90.4 Å². The lowest BCUT2D eigenvalue weighted by Gasteiger charge is -2.25. The van der Waals surface area contributed by atoms with E-state index < -0.39 is 0 Å². The van der Waals surface area contributed by atoms with Gasteiger partial charge in [0.1, 0.15) is 0 Å². The number of ketones is 1. The highest BCUT2D eigenvalue weighted by Crippen LogP contribution is 2.46. The van der Waals surface area contributed by atoms with E-state index in [1.807, 2.05) is 7.05 Å². The predicted octanol–water partition coefficient (Wildman–Crippen LogP) is 2.32. The van der Waals surface area contributed by atoms with Gasteiger partial charge in [-0.1, -0.05) is 0 Å². The zero-order chi connectivity index (χ0) is 10.4. The molecule has 0 aromatic carbocycles. The molecule has 0 heterocycles. The van der Waals surface area contributed by atoms with Crippen molar-refractivity contribution >= 4 is 5.78 Å². The van der Waals surface area contributed by atoms with Crippen LogP contribution < -0.4 is 5.32 Å². The van der Waals surface area contributed by atoms with Crippen LogP contribution in [0.3, 0.4) is 0 Å². The topological polar surface area (TPSA) is 29.1 Å². The fourth-order valence-electron chi connectivity index (χ4n) is 3.44. The number of carbonyl (C=O) groups is 1. The largest absolute Gasteiger partial charge is 0.388 e.